The molecule has 0 spiro atoms. The highest BCUT2D eigenvalue weighted by Gasteiger charge is 2.33. The largest absolute Gasteiger partial charge is 0.497 e. The van der Waals surface area contributed by atoms with Gasteiger partial charge >= 0.3 is 0 Å². The molecule has 1 unspecified atom stereocenters. The van der Waals surface area contributed by atoms with Crippen molar-refractivity contribution in [2.45, 2.75) is 12.8 Å². The van der Waals surface area contributed by atoms with E-state index in [0.717, 1.165) is 39.6 Å². The minimum Gasteiger partial charge on any atom is -0.497 e. The first kappa shape index (κ1) is 18.6. The van der Waals surface area contributed by atoms with Gasteiger partial charge in [0, 0.05) is 17.5 Å². The molecule has 0 aliphatic carbocycles. The highest BCUT2D eigenvalue weighted by molar-refractivity contribution is 5.68. The molecule has 0 radical (unpaired) electrons. The first-order valence-corrected chi connectivity index (χ1v) is 10.7. The molecule has 32 heavy (non-hydrogen) atoms. The van der Waals surface area contributed by atoms with E-state index in [4.69, 9.17) is 4.74 Å². The van der Waals surface area contributed by atoms with Crippen LogP contribution in [0.5, 0.6) is 5.75 Å². The van der Waals surface area contributed by atoms with Crippen molar-refractivity contribution in [1.29, 1.82) is 0 Å². The van der Waals surface area contributed by atoms with Crippen LogP contribution in [0.1, 0.15) is 28.4 Å². The van der Waals surface area contributed by atoms with Gasteiger partial charge in [-0.15, -0.1) is 5.10 Å². The van der Waals surface area contributed by atoms with E-state index >= 15 is 0 Å². The van der Waals surface area contributed by atoms with Crippen LogP contribution in [0.25, 0.3) is 22.6 Å². The molecular weight excluding hydrogens is 396 g/mol. The Hall–Kier alpha value is -4.12. The van der Waals surface area contributed by atoms with E-state index in [1.54, 1.807) is 7.11 Å². The SMILES string of the molecule is COc1ccc(C2c3cccn3-c3ccccc3-n3nnc(-c4ccc(C)cc4)c32)cc1. The van der Waals surface area contributed by atoms with Gasteiger partial charge in [-0.1, -0.05) is 59.3 Å². The van der Waals surface area contributed by atoms with Crippen LogP contribution < -0.4 is 4.74 Å². The molecule has 6 rings (SSSR count). The number of methoxy groups -OCH3 is 1. The van der Waals surface area contributed by atoms with Gasteiger partial charge in [-0.2, -0.15) is 0 Å². The summed E-state index contributed by atoms with van der Waals surface area (Å²) in [7, 11) is 1.69. The summed E-state index contributed by atoms with van der Waals surface area (Å²) in [4.78, 5) is 0. The quantitative estimate of drug-likeness (QED) is 0.379. The number of ether oxygens (including phenoxy) is 1. The predicted octanol–water partition coefficient (Wildman–Crippen LogP) is 5.54. The first-order valence-electron chi connectivity index (χ1n) is 10.7. The van der Waals surface area contributed by atoms with E-state index in [1.807, 2.05) is 22.9 Å². The molecule has 3 heterocycles. The Balaban J connectivity index is 1.68. The van der Waals surface area contributed by atoms with Crippen LogP contribution in [0.4, 0.5) is 0 Å². The van der Waals surface area contributed by atoms with Crippen LogP contribution in [0.3, 0.4) is 0 Å². The summed E-state index contributed by atoms with van der Waals surface area (Å²) < 4.78 is 9.68. The zero-order valence-corrected chi connectivity index (χ0v) is 17.9. The third-order valence-corrected chi connectivity index (χ3v) is 6.20. The van der Waals surface area contributed by atoms with Crippen molar-refractivity contribution in [1.82, 2.24) is 19.6 Å². The standard InChI is InChI=1S/C27H22N4O/c1-18-9-11-20(12-10-18)26-27-25(19-13-15-21(32-2)16-14-19)24-8-5-17-30(24)22-6-3-4-7-23(22)31(27)29-28-26/h3-17,25H,1-2H3. The maximum atomic E-state index is 5.41. The van der Waals surface area contributed by atoms with Gasteiger partial charge in [0.2, 0.25) is 0 Å². The summed E-state index contributed by atoms with van der Waals surface area (Å²) >= 11 is 0. The summed E-state index contributed by atoms with van der Waals surface area (Å²) in [6.45, 7) is 2.10. The maximum absolute atomic E-state index is 5.41. The van der Waals surface area contributed by atoms with E-state index < -0.39 is 0 Å². The van der Waals surface area contributed by atoms with E-state index in [-0.39, 0.29) is 5.92 Å². The molecule has 0 saturated heterocycles. The smallest absolute Gasteiger partial charge is 0.118 e. The summed E-state index contributed by atoms with van der Waals surface area (Å²) in [5.74, 6) is 0.793. The number of para-hydroxylation sites is 2. The second-order valence-electron chi connectivity index (χ2n) is 8.10. The molecule has 0 fully saturated rings. The van der Waals surface area contributed by atoms with Crippen LogP contribution in [0.15, 0.2) is 91.1 Å². The van der Waals surface area contributed by atoms with Crippen molar-refractivity contribution in [2.75, 3.05) is 7.11 Å². The highest BCUT2D eigenvalue weighted by Crippen LogP contribution is 2.42. The molecule has 1 aliphatic rings. The third-order valence-electron chi connectivity index (χ3n) is 6.20. The Morgan fingerprint density at radius 3 is 2.31 bits per heavy atom. The Morgan fingerprint density at radius 1 is 0.812 bits per heavy atom. The number of hydrogen-bond acceptors (Lipinski definition) is 3. The lowest BCUT2D eigenvalue weighted by Gasteiger charge is -2.19. The number of fused-ring (bicyclic) bond motifs is 5. The Morgan fingerprint density at radius 2 is 1.56 bits per heavy atom. The van der Waals surface area contributed by atoms with E-state index in [2.05, 4.69) is 94.7 Å². The van der Waals surface area contributed by atoms with Crippen molar-refractivity contribution >= 4 is 0 Å². The number of aromatic nitrogens is 4. The number of hydrogen-bond donors (Lipinski definition) is 0. The van der Waals surface area contributed by atoms with Crippen LogP contribution in [0, 0.1) is 6.92 Å². The lowest BCUT2D eigenvalue weighted by molar-refractivity contribution is 0.414. The van der Waals surface area contributed by atoms with Crippen LogP contribution in [-0.4, -0.2) is 26.7 Å². The fourth-order valence-electron chi connectivity index (χ4n) is 4.60. The average molecular weight is 419 g/mol. The molecule has 5 aromatic rings. The topological polar surface area (TPSA) is 44.9 Å². The molecule has 0 saturated carbocycles. The van der Waals surface area contributed by atoms with Gasteiger partial charge in [0.1, 0.15) is 11.4 Å². The van der Waals surface area contributed by atoms with Gasteiger partial charge in [0.25, 0.3) is 0 Å². The first-order chi connectivity index (χ1) is 15.7. The highest BCUT2D eigenvalue weighted by atomic mass is 16.5. The van der Waals surface area contributed by atoms with Crippen LogP contribution >= 0.6 is 0 Å². The second-order valence-corrected chi connectivity index (χ2v) is 8.10. The number of rotatable bonds is 3. The zero-order valence-electron chi connectivity index (χ0n) is 17.9. The van der Waals surface area contributed by atoms with E-state index in [9.17, 15) is 0 Å². The second kappa shape index (κ2) is 7.24. The molecule has 2 aromatic heterocycles. The predicted molar refractivity (Wildman–Crippen MR) is 125 cm³/mol. The molecule has 1 aliphatic heterocycles. The fraction of sp³-hybridized carbons (Fsp3) is 0.111. The molecular formula is C27H22N4O. The summed E-state index contributed by atoms with van der Waals surface area (Å²) in [6, 6.07) is 29.4. The number of benzene rings is 3. The molecule has 3 aromatic carbocycles. The summed E-state index contributed by atoms with van der Waals surface area (Å²) in [6.07, 6.45) is 2.12. The van der Waals surface area contributed by atoms with Gasteiger partial charge in [-0.25, -0.2) is 4.68 Å². The molecule has 1 atom stereocenters. The summed E-state index contributed by atoms with van der Waals surface area (Å²) in [5, 5.41) is 9.34. The van der Waals surface area contributed by atoms with E-state index in [1.165, 1.54) is 11.3 Å². The normalized spacial score (nSPS) is 14.2. The Kier molecular flexibility index (Phi) is 4.21. The van der Waals surface area contributed by atoms with Crippen molar-refractivity contribution in [3.8, 4) is 28.4 Å². The van der Waals surface area contributed by atoms with Gasteiger partial charge in [0.05, 0.1) is 30.1 Å². The van der Waals surface area contributed by atoms with Gasteiger partial charge in [0.15, 0.2) is 0 Å². The van der Waals surface area contributed by atoms with Crippen molar-refractivity contribution < 1.29 is 4.74 Å². The van der Waals surface area contributed by atoms with Crippen LogP contribution in [0.2, 0.25) is 0 Å². The lowest BCUT2D eigenvalue weighted by atomic mass is 9.89. The number of aryl methyl sites for hydroxylation is 1. The van der Waals surface area contributed by atoms with E-state index in [0.29, 0.717) is 0 Å². The van der Waals surface area contributed by atoms with Crippen molar-refractivity contribution in [2.24, 2.45) is 0 Å². The Bertz CT molecular complexity index is 1410. The number of nitrogens with zero attached hydrogens (tertiary/aromatic N) is 4. The Labute approximate surface area is 186 Å². The minimum atomic E-state index is -0.0467. The minimum absolute atomic E-state index is 0.0467. The van der Waals surface area contributed by atoms with Crippen LogP contribution in [-0.2, 0) is 0 Å². The van der Waals surface area contributed by atoms with Gasteiger partial charge < -0.3 is 9.30 Å². The molecule has 0 bridgehead atoms. The maximum Gasteiger partial charge on any atom is 0.118 e. The monoisotopic (exact) mass is 418 g/mol. The molecule has 5 heteroatoms. The molecule has 5 nitrogen and oxygen atoms in total. The molecule has 0 N–H and O–H groups in total. The van der Waals surface area contributed by atoms with Crippen molar-refractivity contribution in [3.05, 3.63) is 114 Å². The lowest BCUT2D eigenvalue weighted by Crippen LogP contribution is -2.10. The fourth-order valence-corrected chi connectivity index (χ4v) is 4.60. The molecule has 0 amide bonds. The zero-order chi connectivity index (χ0) is 21.7. The molecule has 156 valence electrons. The third kappa shape index (κ3) is 2.78. The van der Waals surface area contributed by atoms with Gasteiger partial charge in [-0.3, -0.25) is 0 Å². The average Bonchev–Trinajstić information content (AvgIpc) is 3.47. The van der Waals surface area contributed by atoms with Gasteiger partial charge in [-0.05, 0) is 48.9 Å². The summed E-state index contributed by atoms with van der Waals surface area (Å²) in [5.41, 5.74) is 8.68. The van der Waals surface area contributed by atoms with Crippen molar-refractivity contribution in [3.63, 3.8) is 0 Å².